The zero-order valence-electron chi connectivity index (χ0n) is 18.1. The van der Waals surface area contributed by atoms with E-state index >= 15 is 0 Å². The molecule has 0 saturated carbocycles. The van der Waals surface area contributed by atoms with Gasteiger partial charge in [0.05, 0.1) is 11.2 Å². The van der Waals surface area contributed by atoms with Crippen LogP contribution < -0.4 is 5.56 Å². The second-order valence-corrected chi connectivity index (χ2v) is 7.71. The maximum atomic E-state index is 13.2. The van der Waals surface area contributed by atoms with E-state index in [0.717, 1.165) is 11.3 Å². The fourth-order valence-corrected chi connectivity index (χ4v) is 4.24. The summed E-state index contributed by atoms with van der Waals surface area (Å²) in [6.45, 7) is 5.85. The van der Waals surface area contributed by atoms with Gasteiger partial charge in [0.15, 0.2) is 0 Å². The predicted molar refractivity (Wildman–Crippen MR) is 122 cm³/mol. The lowest BCUT2D eigenvalue weighted by atomic mass is 10.0. The number of aromatic nitrogens is 1. The van der Waals surface area contributed by atoms with Gasteiger partial charge in [-0.2, -0.15) is 0 Å². The summed E-state index contributed by atoms with van der Waals surface area (Å²) in [6.07, 6.45) is 0. The molecule has 0 radical (unpaired) electrons. The number of pyridine rings is 1. The molecule has 31 heavy (non-hydrogen) atoms. The first kappa shape index (κ1) is 20.6. The quantitative estimate of drug-likeness (QED) is 0.653. The van der Waals surface area contributed by atoms with Gasteiger partial charge in [-0.1, -0.05) is 42.5 Å². The van der Waals surface area contributed by atoms with Gasteiger partial charge in [-0.15, -0.1) is 0 Å². The summed E-state index contributed by atoms with van der Waals surface area (Å²) in [5.74, 6) is -0.232. The van der Waals surface area contributed by atoms with Crippen LogP contribution in [0.5, 0.6) is 5.75 Å². The van der Waals surface area contributed by atoms with Gasteiger partial charge in [0, 0.05) is 24.7 Å². The van der Waals surface area contributed by atoms with Crippen molar-refractivity contribution in [3.05, 3.63) is 87.5 Å². The summed E-state index contributed by atoms with van der Waals surface area (Å²) in [4.78, 5) is 32.9. The number of ketones is 1. The highest BCUT2D eigenvalue weighted by Gasteiger charge is 2.37. The van der Waals surface area contributed by atoms with E-state index in [2.05, 4.69) is 4.99 Å². The van der Waals surface area contributed by atoms with E-state index in [0.29, 0.717) is 28.9 Å². The van der Waals surface area contributed by atoms with E-state index in [1.54, 1.807) is 17.6 Å². The number of Topliss-reactive ketones (excluding diaryl/α,β-unsaturated/α-hetero) is 1. The van der Waals surface area contributed by atoms with Crippen LogP contribution in [0.1, 0.15) is 37.9 Å². The Balaban J connectivity index is 1.85. The van der Waals surface area contributed by atoms with E-state index in [4.69, 9.17) is 0 Å². The number of aromatic hydroxyl groups is 1. The fraction of sp³-hybridized carbons (Fsp3) is 0.240. The molecule has 6 heteroatoms. The number of para-hydroxylation sites is 1. The summed E-state index contributed by atoms with van der Waals surface area (Å²) in [5.41, 5.74) is 2.72. The number of allylic oxidation sites excluding steroid dienone is 1. The lowest BCUT2D eigenvalue weighted by Crippen LogP contribution is -2.26. The average Bonchev–Trinajstić information content (AvgIpc) is 2.98. The van der Waals surface area contributed by atoms with E-state index in [9.17, 15) is 14.7 Å². The van der Waals surface area contributed by atoms with Crippen LogP contribution >= 0.6 is 0 Å². The van der Waals surface area contributed by atoms with Crippen molar-refractivity contribution < 1.29 is 9.90 Å². The van der Waals surface area contributed by atoms with E-state index in [-0.39, 0.29) is 22.7 Å². The van der Waals surface area contributed by atoms with Gasteiger partial charge in [0.2, 0.25) is 5.78 Å². The monoisotopic (exact) mass is 415 g/mol. The average molecular weight is 415 g/mol. The molecule has 2 aromatic carbocycles. The van der Waals surface area contributed by atoms with Crippen molar-refractivity contribution in [2.45, 2.75) is 33.4 Å². The Hall–Kier alpha value is -3.67. The summed E-state index contributed by atoms with van der Waals surface area (Å²) < 4.78 is 1.61. The summed E-state index contributed by atoms with van der Waals surface area (Å²) in [6, 6.07) is 16.3. The Morgan fingerprint density at radius 1 is 1.06 bits per heavy atom. The molecule has 0 bridgehead atoms. The van der Waals surface area contributed by atoms with Crippen molar-refractivity contribution in [2.24, 2.45) is 4.99 Å². The van der Waals surface area contributed by atoms with Gasteiger partial charge in [0.1, 0.15) is 23.1 Å². The maximum absolute atomic E-state index is 13.2. The summed E-state index contributed by atoms with van der Waals surface area (Å²) in [7, 11) is 1.86. The second kappa shape index (κ2) is 7.87. The molecule has 6 nitrogen and oxygen atoms in total. The van der Waals surface area contributed by atoms with Crippen molar-refractivity contribution in [2.75, 3.05) is 7.05 Å². The highest BCUT2D eigenvalue weighted by Crippen LogP contribution is 2.36. The Kier molecular flexibility index (Phi) is 5.23. The van der Waals surface area contributed by atoms with Crippen molar-refractivity contribution in [1.29, 1.82) is 0 Å². The lowest BCUT2D eigenvalue weighted by Gasteiger charge is -2.22. The molecular weight excluding hydrogens is 390 g/mol. The van der Waals surface area contributed by atoms with E-state index < -0.39 is 6.04 Å². The highest BCUT2D eigenvalue weighted by atomic mass is 16.3. The van der Waals surface area contributed by atoms with Gasteiger partial charge in [-0.3, -0.25) is 9.59 Å². The number of benzene rings is 2. The van der Waals surface area contributed by atoms with Crippen LogP contribution in [0.3, 0.4) is 0 Å². The Bertz CT molecular complexity index is 1300. The maximum Gasteiger partial charge on any atom is 0.263 e. The summed E-state index contributed by atoms with van der Waals surface area (Å²) in [5, 5.41) is 11.5. The number of aryl methyl sites for hydroxylation is 1. The molecule has 0 unspecified atom stereocenters. The largest absolute Gasteiger partial charge is 0.506 e. The van der Waals surface area contributed by atoms with Crippen molar-refractivity contribution in [3.8, 4) is 5.75 Å². The SMILES string of the molecule is CCn1c(=O)c(C(C)=NC2=C(C)N(C)[C@@H](c3ccccc3)C2=O)c(O)c2ccccc21. The smallest absolute Gasteiger partial charge is 0.263 e. The molecule has 1 aliphatic rings. The van der Waals surface area contributed by atoms with Crippen LogP contribution in [0.2, 0.25) is 0 Å². The highest BCUT2D eigenvalue weighted by molar-refractivity contribution is 6.10. The molecule has 4 rings (SSSR count). The zero-order valence-corrected chi connectivity index (χ0v) is 18.1. The minimum Gasteiger partial charge on any atom is -0.506 e. The molecule has 1 atom stereocenters. The van der Waals surface area contributed by atoms with Crippen LogP contribution in [0.25, 0.3) is 10.9 Å². The third-order valence-electron chi connectivity index (χ3n) is 5.96. The number of nitrogens with zero attached hydrogens (tertiary/aromatic N) is 3. The molecule has 1 N–H and O–H groups in total. The number of rotatable bonds is 4. The van der Waals surface area contributed by atoms with Crippen molar-refractivity contribution in [1.82, 2.24) is 9.47 Å². The lowest BCUT2D eigenvalue weighted by molar-refractivity contribution is -0.118. The number of fused-ring (bicyclic) bond motifs is 1. The molecule has 3 aromatic rings. The molecular formula is C25H25N3O3. The Morgan fingerprint density at radius 2 is 1.71 bits per heavy atom. The van der Waals surface area contributed by atoms with Crippen molar-refractivity contribution in [3.63, 3.8) is 0 Å². The first-order chi connectivity index (χ1) is 14.9. The van der Waals surface area contributed by atoms with Gasteiger partial charge < -0.3 is 14.6 Å². The molecule has 0 spiro atoms. The number of hydrogen-bond acceptors (Lipinski definition) is 5. The van der Waals surface area contributed by atoms with Crippen LogP contribution in [-0.4, -0.2) is 33.1 Å². The second-order valence-electron chi connectivity index (χ2n) is 7.71. The topological polar surface area (TPSA) is 74.9 Å². The standard InChI is InChI=1S/C25H25N3O3/c1-5-28-19-14-10-9-13-18(19)23(29)20(25(28)31)15(2)26-21-16(3)27(4)22(24(21)30)17-11-7-6-8-12-17/h6-14,22,29H,5H2,1-4H3/t22-/m0/s1. The molecule has 0 aliphatic carbocycles. The van der Waals surface area contributed by atoms with Crippen LogP contribution in [-0.2, 0) is 11.3 Å². The van der Waals surface area contributed by atoms with Crippen LogP contribution in [0.15, 0.2) is 75.8 Å². The predicted octanol–water partition coefficient (Wildman–Crippen LogP) is 4.02. The normalized spacial score (nSPS) is 17.2. The van der Waals surface area contributed by atoms with Gasteiger partial charge in [-0.05, 0) is 38.5 Å². The third kappa shape index (κ3) is 3.24. The Morgan fingerprint density at radius 3 is 2.39 bits per heavy atom. The fourth-order valence-electron chi connectivity index (χ4n) is 4.24. The zero-order chi connectivity index (χ0) is 22.3. The van der Waals surface area contributed by atoms with Crippen LogP contribution in [0.4, 0.5) is 0 Å². The molecule has 1 aromatic heterocycles. The minimum absolute atomic E-state index is 0.108. The molecule has 0 saturated heterocycles. The van der Waals surface area contributed by atoms with Gasteiger partial charge in [0.25, 0.3) is 5.56 Å². The molecule has 158 valence electrons. The minimum atomic E-state index is -0.453. The number of hydrogen-bond donors (Lipinski definition) is 1. The van der Waals surface area contributed by atoms with E-state index in [1.165, 1.54) is 0 Å². The number of likely N-dealkylation sites (N-methyl/N-ethyl adjacent to an activating group) is 1. The van der Waals surface area contributed by atoms with E-state index in [1.807, 2.05) is 74.3 Å². The van der Waals surface area contributed by atoms with Gasteiger partial charge >= 0.3 is 0 Å². The van der Waals surface area contributed by atoms with Crippen LogP contribution in [0, 0.1) is 0 Å². The first-order valence-electron chi connectivity index (χ1n) is 10.3. The molecule has 1 aliphatic heterocycles. The molecule has 0 amide bonds. The number of aliphatic imine (C=N–C) groups is 1. The molecule has 0 fully saturated rings. The Labute approximate surface area is 180 Å². The number of carbonyl (C=O) groups is 1. The third-order valence-corrected chi connectivity index (χ3v) is 5.96. The number of carbonyl (C=O) groups excluding carboxylic acids is 1. The van der Waals surface area contributed by atoms with Gasteiger partial charge in [-0.25, -0.2) is 4.99 Å². The summed E-state index contributed by atoms with van der Waals surface area (Å²) >= 11 is 0. The molecule has 2 heterocycles. The van der Waals surface area contributed by atoms with Crippen molar-refractivity contribution >= 4 is 22.4 Å². The first-order valence-corrected chi connectivity index (χ1v) is 10.3.